The Hall–Kier alpha value is -1.69. The zero-order valence-electron chi connectivity index (χ0n) is 15.1. The molecule has 8 N–H and O–H groups in total. The Bertz CT molecular complexity index is 791. The minimum atomic E-state index is -4.67. The van der Waals surface area contributed by atoms with Gasteiger partial charge in [0.1, 0.15) is 0 Å². The predicted octanol–water partition coefficient (Wildman–Crippen LogP) is 2.81. The number of hydrogen-bond acceptors (Lipinski definition) is 4. The Labute approximate surface area is 197 Å². The molecule has 0 saturated carbocycles. The van der Waals surface area contributed by atoms with Crippen LogP contribution in [-0.2, 0) is 23.5 Å². The maximum absolute atomic E-state index is 8.74. The summed E-state index contributed by atoms with van der Waals surface area (Å²) in [6.07, 6.45) is 0. The average Bonchev–Trinajstić information content (AvgIpc) is 2.62. The molecule has 160 valence electrons. The highest BCUT2D eigenvalue weighted by Gasteiger charge is 2.02. The van der Waals surface area contributed by atoms with Gasteiger partial charge in [0.25, 0.3) is 0 Å². The second-order valence-corrected chi connectivity index (χ2v) is 8.46. The Morgan fingerprint density at radius 3 is 1.24 bits per heavy atom. The van der Waals surface area contributed by atoms with Crippen molar-refractivity contribution in [2.24, 2.45) is 11.5 Å². The van der Waals surface area contributed by atoms with Gasteiger partial charge in [0, 0.05) is 0 Å². The molecular formula is C16H22I2N6O4S. The van der Waals surface area contributed by atoms with Gasteiger partial charge >= 0.3 is 10.4 Å². The number of nitrogens with two attached hydrogens (primary N) is 2. The first kappa shape index (κ1) is 27.3. The molecule has 2 rings (SSSR count). The van der Waals surface area contributed by atoms with Gasteiger partial charge in [0.15, 0.2) is 11.9 Å². The molecule has 29 heavy (non-hydrogen) atoms. The lowest BCUT2D eigenvalue weighted by molar-refractivity contribution is 0.381. The molecule has 13 heteroatoms. The molecule has 0 spiro atoms. The van der Waals surface area contributed by atoms with E-state index in [1.54, 1.807) is 6.23 Å². The Balaban J connectivity index is 0.000000442. The summed E-state index contributed by atoms with van der Waals surface area (Å²) in [5.74, 6) is 0.166. The van der Waals surface area contributed by atoms with E-state index >= 15 is 0 Å². The van der Waals surface area contributed by atoms with Gasteiger partial charge in [-0.15, -0.1) is 0 Å². The van der Waals surface area contributed by atoms with E-state index in [9.17, 15) is 0 Å². The van der Waals surface area contributed by atoms with Crippen LogP contribution in [0.25, 0.3) is 0 Å². The van der Waals surface area contributed by atoms with E-state index in [-0.39, 0.29) is 11.9 Å². The van der Waals surface area contributed by atoms with Gasteiger partial charge in [0.2, 0.25) is 0 Å². The fourth-order valence-corrected chi connectivity index (χ4v) is 2.45. The third-order valence-electron chi connectivity index (χ3n) is 2.85. The summed E-state index contributed by atoms with van der Waals surface area (Å²) in [5, 5.41) is 14.3. The quantitative estimate of drug-likeness (QED) is 0.0963. The van der Waals surface area contributed by atoms with Crippen molar-refractivity contribution in [3.63, 3.8) is 0 Å². The molecule has 2 aromatic rings. The number of guanidine groups is 2. The standard InChI is InChI=1S/2C8H10IN3.H2O4S/c2*9-12(8(10)11)6-7-4-2-1-3-5-7;1-5(2,3)4/h2*1-5H,6H2,(H3,10,11);(H2,1,2,3,4). The zero-order chi connectivity index (χ0) is 22.4. The number of benzene rings is 2. The first-order chi connectivity index (χ1) is 13.4. The minimum absolute atomic E-state index is 0.0828. The van der Waals surface area contributed by atoms with E-state index in [2.05, 4.69) is 0 Å². The van der Waals surface area contributed by atoms with Crippen LogP contribution in [0, 0.1) is 10.8 Å². The van der Waals surface area contributed by atoms with Crippen LogP contribution < -0.4 is 11.5 Å². The van der Waals surface area contributed by atoms with E-state index in [0.717, 1.165) is 11.1 Å². The maximum Gasteiger partial charge on any atom is 0.394 e. The summed E-state index contributed by atoms with van der Waals surface area (Å²) in [4.78, 5) is 0. The van der Waals surface area contributed by atoms with Gasteiger partial charge in [-0.1, -0.05) is 60.7 Å². The summed E-state index contributed by atoms with van der Waals surface area (Å²) in [6.45, 7) is 1.35. The van der Waals surface area contributed by atoms with Gasteiger partial charge in [0.05, 0.1) is 58.8 Å². The predicted molar refractivity (Wildman–Crippen MR) is 130 cm³/mol. The van der Waals surface area contributed by atoms with Crippen LogP contribution in [0.5, 0.6) is 0 Å². The minimum Gasteiger partial charge on any atom is -0.369 e. The summed E-state index contributed by atoms with van der Waals surface area (Å²) in [5.41, 5.74) is 12.9. The van der Waals surface area contributed by atoms with Gasteiger partial charge in [-0.25, -0.2) is 0 Å². The normalized spacial score (nSPS) is 9.79. The maximum atomic E-state index is 8.74. The van der Waals surface area contributed by atoms with E-state index in [0.29, 0.717) is 13.1 Å². The lowest BCUT2D eigenvalue weighted by Gasteiger charge is -2.13. The zero-order valence-corrected chi connectivity index (χ0v) is 20.2. The van der Waals surface area contributed by atoms with Crippen molar-refractivity contribution >= 4 is 68.0 Å². The Morgan fingerprint density at radius 1 is 0.793 bits per heavy atom. The summed E-state index contributed by atoms with van der Waals surface area (Å²) < 4.78 is 34.9. The van der Waals surface area contributed by atoms with E-state index in [1.165, 1.54) is 0 Å². The van der Waals surface area contributed by atoms with E-state index < -0.39 is 10.4 Å². The van der Waals surface area contributed by atoms with Gasteiger partial charge in [-0.2, -0.15) is 8.42 Å². The SMILES string of the molecule is N=C(N)N(I)Cc1ccccc1.N=C(N)N(I)Cc1ccccc1.O=S(=O)(O)O. The average molecular weight is 648 g/mol. The van der Waals surface area contributed by atoms with Crippen molar-refractivity contribution in [1.82, 2.24) is 6.23 Å². The molecular weight excluding hydrogens is 626 g/mol. The molecule has 0 heterocycles. The summed E-state index contributed by atoms with van der Waals surface area (Å²) >= 11 is 4.04. The highest BCUT2D eigenvalue weighted by Crippen LogP contribution is 2.08. The highest BCUT2D eigenvalue weighted by molar-refractivity contribution is 14.1. The second kappa shape index (κ2) is 14.3. The van der Waals surface area contributed by atoms with Crippen LogP contribution >= 0.6 is 45.7 Å². The van der Waals surface area contributed by atoms with Crippen LogP contribution in [0.3, 0.4) is 0 Å². The van der Waals surface area contributed by atoms with E-state index in [4.69, 9.17) is 39.8 Å². The van der Waals surface area contributed by atoms with Crippen molar-refractivity contribution in [3.8, 4) is 0 Å². The van der Waals surface area contributed by atoms with Gasteiger partial charge in [-0.3, -0.25) is 26.2 Å². The van der Waals surface area contributed by atoms with Crippen molar-refractivity contribution in [3.05, 3.63) is 71.8 Å². The molecule has 0 aliphatic carbocycles. The molecule has 0 atom stereocenters. The Morgan fingerprint density at radius 2 is 1.03 bits per heavy atom. The lowest BCUT2D eigenvalue weighted by Crippen LogP contribution is -2.27. The van der Waals surface area contributed by atoms with Crippen molar-refractivity contribution in [2.75, 3.05) is 0 Å². The van der Waals surface area contributed by atoms with Crippen LogP contribution in [0.4, 0.5) is 0 Å². The molecule has 0 fully saturated rings. The largest absolute Gasteiger partial charge is 0.394 e. The molecule has 10 nitrogen and oxygen atoms in total. The second-order valence-electron chi connectivity index (χ2n) is 5.23. The number of halogens is 2. The molecule has 0 amide bonds. The lowest BCUT2D eigenvalue weighted by atomic mass is 10.2. The molecule has 0 radical (unpaired) electrons. The third kappa shape index (κ3) is 16.9. The molecule has 0 saturated heterocycles. The van der Waals surface area contributed by atoms with Crippen LogP contribution in [-0.4, -0.2) is 35.7 Å². The fraction of sp³-hybridized carbons (Fsp3) is 0.125. The third-order valence-corrected chi connectivity index (χ3v) is 4.57. The molecule has 0 unspecified atom stereocenters. The molecule has 0 aromatic heterocycles. The van der Waals surface area contributed by atoms with Crippen LogP contribution in [0.2, 0.25) is 0 Å². The first-order valence-electron chi connectivity index (χ1n) is 7.72. The molecule has 2 aromatic carbocycles. The monoisotopic (exact) mass is 648 g/mol. The van der Waals surface area contributed by atoms with Crippen molar-refractivity contribution in [2.45, 2.75) is 13.1 Å². The number of nitrogens with zero attached hydrogens (tertiary/aromatic N) is 2. The molecule has 0 aliphatic heterocycles. The molecule has 0 aliphatic rings. The number of nitrogens with one attached hydrogen (secondary N) is 2. The summed E-state index contributed by atoms with van der Waals surface area (Å²) in [6, 6.07) is 19.9. The summed E-state index contributed by atoms with van der Waals surface area (Å²) in [7, 11) is -4.67. The molecule has 0 bridgehead atoms. The van der Waals surface area contributed by atoms with Crippen LogP contribution in [0.1, 0.15) is 11.1 Å². The number of rotatable bonds is 4. The number of hydrogen-bond donors (Lipinski definition) is 6. The Kier molecular flexibility index (Phi) is 13.5. The fourth-order valence-electron chi connectivity index (χ4n) is 1.66. The smallest absolute Gasteiger partial charge is 0.369 e. The van der Waals surface area contributed by atoms with Crippen molar-refractivity contribution in [1.29, 1.82) is 10.8 Å². The van der Waals surface area contributed by atoms with E-state index in [1.807, 2.05) is 106 Å². The highest BCUT2D eigenvalue weighted by atomic mass is 127. The van der Waals surface area contributed by atoms with Crippen LogP contribution in [0.15, 0.2) is 60.7 Å². The van der Waals surface area contributed by atoms with Gasteiger partial charge < -0.3 is 11.5 Å². The first-order valence-corrected chi connectivity index (χ1v) is 11.0. The van der Waals surface area contributed by atoms with Crippen molar-refractivity contribution < 1.29 is 17.5 Å². The van der Waals surface area contributed by atoms with Gasteiger partial charge in [-0.05, 0) is 11.1 Å². The topological polar surface area (TPSA) is 181 Å².